The van der Waals surface area contributed by atoms with Gasteiger partial charge in [-0.1, -0.05) is 200 Å². The number of nitrogens with zero attached hydrogens (tertiary/aromatic N) is 4. The van der Waals surface area contributed by atoms with E-state index < -0.39 is 0 Å². The molecule has 8 aromatic carbocycles. The van der Waals surface area contributed by atoms with E-state index in [4.69, 9.17) is 9.72 Å². The van der Waals surface area contributed by atoms with Crippen LogP contribution in [0, 0.1) is 0 Å². The van der Waals surface area contributed by atoms with E-state index in [1.807, 2.05) is 6.20 Å². The average Bonchev–Trinajstić information content (AvgIpc) is 4.24. The molecule has 0 bridgehead atoms. The van der Waals surface area contributed by atoms with Crippen LogP contribution in [0.5, 0.6) is 11.5 Å². The molecule has 0 amide bonds. The molecule has 400 valence electrons. The molecule has 10 aromatic rings. The van der Waals surface area contributed by atoms with Gasteiger partial charge in [0.1, 0.15) is 24.0 Å². The second kappa shape index (κ2) is 20.1. The number of hydrogen-bond acceptors (Lipinski definition) is 4. The summed E-state index contributed by atoms with van der Waals surface area (Å²) in [5, 5.41) is 2.33. The molecule has 1 aliphatic rings. The van der Waals surface area contributed by atoms with E-state index >= 15 is 0 Å². The van der Waals surface area contributed by atoms with Crippen molar-refractivity contribution in [3.63, 3.8) is 0 Å². The zero-order valence-electron chi connectivity index (χ0n) is 49.0. The van der Waals surface area contributed by atoms with Crippen molar-refractivity contribution in [2.75, 3.05) is 16.5 Å². The van der Waals surface area contributed by atoms with Crippen molar-refractivity contribution < 1.29 is 4.74 Å². The van der Waals surface area contributed by atoms with Gasteiger partial charge >= 0.3 is 0 Å². The number of fused-ring (bicyclic) bond motifs is 4. The third-order valence-electron chi connectivity index (χ3n) is 17.0. The number of rotatable bonds is 12. The molecule has 0 spiro atoms. The van der Waals surface area contributed by atoms with E-state index in [-0.39, 0.29) is 21.7 Å². The minimum absolute atomic E-state index is 0.0424. The Bertz CT molecular complexity index is 3860. The standard InChI is InChI=1S/C74H78N4O/c1-48(2)61-29-22-30-62(49(3)4)70(61)50-39-58(77-47-76(68-43-53(71(5,6)7)31-36-66(68)77)57-28-21-27-55(41-57)73(11,12)51-23-17-15-18-24-51)45-60(40-50)79-59-33-34-63-64-42-56(74(13,14)52-25-19-16-20-26-52)32-35-65(64)78(67(63)46-59)69-44-54(37-38-75-69)72(8,9)10/h15-46,48-49H,47H2,1-14H3. The second-order valence-electron chi connectivity index (χ2n) is 25.8. The molecule has 5 heteroatoms. The van der Waals surface area contributed by atoms with Gasteiger partial charge in [0.05, 0.1) is 22.4 Å². The largest absolute Gasteiger partial charge is 0.457 e. The van der Waals surface area contributed by atoms with Gasteiger partial charge in [-0.3, -0.25) is 4.57 Å². The Hall–Kier alpha value is -7.89. The third kappa shape index (κ3) is 9.92. The SMILES string of the molecule is CC(C)c1cccc(C(C)C)c1-c1cc(Oc2ccc3c4cc(C(C)(C)c5ccccc5)ccc4n(-c4cc(C(C)(C)C)ccn4)c3c2)cc(N2CN(c3cccc(C(C)(C)c4ccccc4)c3)c3cc(C(C)(C)C)ccc32)c1. The summed E-state index contributed by atoms with van der Waals surface area (Å²) in [6.45, 7) is 32.9. The highest BCUT2D eigenvalue weighted by atomic mass is 16.5. The first-order valence-electron chi connectivity index (χ1n) is 28.5. The maximum Gasteiger partial charge on any atom is 0.137 e. The molecule has 79 heavy (non-hydrogen) atoms. The molecule has 0 unspecified atom stereocenters. The topological polar surface area (TPSA) is 33.5 Å². The van der Waals surface area contributed by atoms with Crippen LogP contribution in [0.1, 0.15) is 153 Å². The fourth-order valence-corrected chi connectivity index (χ4v) is 11.9. The van der Waals surface area contributed by atoms with E-state index in [2.05, 4.69) is 299 Å². The zero-order valence-corrected chi connectivity index (χ0v) is 49.0. The lowest BCUT2D eigenvalue weighted by Gasteiger charge is -2.29. The molecule has 5 nitrogen and oxygen atoms in total. The Morgan fingerprint density at radius 2 is 1.00 bits per heavy atom. The normalized spacial score (nSPS) is 13.3. The van der Waals surface area contributed by atoms with Crippen LogP contribution in [0.15, 0.2) is 194 Å². The monoisotopic (exact) mass is 1040 g/mol. The predicted molar refractivity (Wildman–Crippen MR) is 335 cm³/mol. The smallest absolute Gasteiger partial charge is 0.137 e. The van der Waals surface area contributed by atoms with Gasteiger partial charge in [0.25, 0.3) is 0 Å². The Labute approximate surface area is 470 Å². The lowest BCUT2D eigenvalue weighted by atomic mass is 9.78. The molecule has 0 atom stereocenters. The Balaban J connectivity index is 1.08. The van der Waals surface area contributed by atoms with Gasteiger partial charge in [-0.05, 0) is 151 Å². The van der Waals surface area contributed by atoms with Crippen molar-refractivity contribution in [1.82, 2.24) is 9.55 Å². The molecule has 11 rings (SSSR count). The molecule has 0 fully saturated rings. The number of hydrogen-bond donors (Lipinski definition) is 0. The van der Waals surface area contributed by atoms with E-state index in [1.165, 1.54) is 61.1 Å². The molecule has 0 saturated carbocycles. The Morgan fingerprint density at radius 3 is 1.63 bits per heavy atom. The van der Waals surface area contributed by atoms with Crippen molar-refractivity contribution in [2.45, 2.75) is 130 Å². The van der Waals surface area contributed by atoms with E-state index in [0.717, 1.165) is 56.4 Å². The van der Waals surface area contributed by atoms with Gasteiger partial charge in [-0.15, -0.1) is 0 Å². The highest BCUT2D eigenvalue weighted by molar-refractivity contribution is 6.10. The first kappa shape index (κ1) is 53.1. The zero-order chi connectivity index (χ0) is 55.8. The second-order valence-corrected chi connectivity index (χ2v) is 25.8. The molecule has 0 radical (unpaired) electrons. The summed E-state index contributed by atoms with van der Waals surface area (Å²) >= 11 is 0. The molecule has 0 N–H and O–H groups in total. The van der Waals surface area contributed by atoms with Crippen LogP contribution >= 0.6 is 0 Å². The van der Waals surface area contributed by atoms with Crippen LogP contribution < -0.4 is 14.5 Å². The lowest BCUT2D eigenvalue weighted by Crippen LogP contribution is -2.25. The highest BCUT2D eigenvalue weighted by Gasteiger charge is 2.33. The number of aromatic nitrogens is 2. The van der Waals surface area contributed by atoms with Crippen LogP contribution in [-0.4, -0.2) is 16.2 Å². The quantitative estimate of drug-likeness (QED) is 0.122. The van der Waals surface area contributed by atoms with Gasteiger partial charge in [-0.2, -0.15) is 0 Å². The number of ether oxygens (including phenoxy) is 1. The van der Waals surface area contributed by atoms with Gasteiger partial charge in [-0.25, -0.2) is 4.98 Å². The molecule has 0 saturated heterocycles. The summed E-state index contributed by atoms with van der Waals surface area (Å²) in [5.74, 6) is 3.04. The van der Waals surface area contributed by atoms with Crippen molar-refractivity contribution in [3.05, 3.63) is 239 Å². The first-order valence-corrected chi connectivity index (χ1v) is 28.5. The van der Waals surface area contributed by atoms with Gasteiger partial charge < -0.3 is 14.5 Å². The fraction of sp³-hybridized carbons (Fsp3) is 0.284. The first-order chi connectivity index (χ1) is 37.6. The Morgan fingerprint density at radius 1 is 0.418 bits per heavy atom. The molecule has 1 aliphatic heterocycles. The maximum atomic E-state index is 7.33. The molecular formula is C74H78N4O. The molecule has 0 aliphatic carbocycles. The Kier molecular flexibility index (Phi) is 13.5. The number of benzene rings is 8. The maximum absolute atomic E-state index is 7.33. The van der Waals surface area contributed by atoms with Gasteiger partial charge in [0, 0.05) is 51.3 Å². The summed E-state index contributed by atoms with van der Waals surface area (Å²) in [5.41, 5.74) is 18.9. The summed E-state index contributed by atoms with van der Waals surface area (Å²) in [7, 11) is 0. The number of anilines is 4. The molecule has 3 heterocycles. The van der Waals surface area contributed by atoms with E-state index in [1.54, 1.807) is 0 Å². The van der Waals surface area contributed by atoms with Crippen molar-refractivity contribution in [2.24, 2.45) is 0 Å². The lowest BCUT2D eigenvalue weighted by molar-refractivity contribution is 0.483. The van der Waals surface area contributed by atoms with Gasteiger partial charge in [0.2, 0.25) is 0 Å². The van der Waals surface area contributed by atoms with Crippen LogP contribution in [0.3, 0.4) is 0 Å². The van der Waals surface area contributed by atoms with Crippen LogP contribution in [0.4, 0.5) is 22.7 Å². The number of pyridine rings is 1. The van der Waals surface area contributed by atoms with Gasteiger partial charge in [0.15, 0.2) is 0 Å². The summed E-state index contributed by atoms with van der Waals surface area (Å²) in [6.07, 6.45) is 1.96. The fourth-order valence-electron chi connectivity index (χ4n) is 11.9. The molecular weight excluding hydrogens is 961 g/mol. The summed E-state index contributed by atoms with van der Waals surface area (Å²) in [4.78, 5) is 10.1. The minimum atomic E-state index is -0.214. The molecule has 2 aromatic heterocycles. The van der Waals surface area contributed by atoms with Crippen LogP contribution in [-0.2, 0) is 21.7 Å². The average molecular weight is 1040 g/mol. The van der Waals surface area contributed by atoms with Crippen molar-refractivity contribution >= 4 is 44.6 Å². The summed E-state index contributed by atoms with van der Waals surface area (Å²) < 4.78 is 9.67. The predicted octanol–water partition coefficient (Wildman–Crippen LogP) is 20.4. The van der Waals surface area contributed by atoms with Crippen molar-refractivity contribution in [1.29, 1.82) is 0 Å². The van der Waals surface area contributed by atoms with E-state index in [9.17, 15) is 0 Å². The highest BCUT2D eigenvalue weighted by Crippen LogP contribution is 2.50. The van der Waals surface area contributed by atoms with E-state index in [0.29, 0.717) is 18.5 Å². The van der Waals surface area contributed by atoms with Crippen LogP contribution in [0.25, 0.3) is 38.8 Å². The van der Waals surface area contributed by atoms with Crippen molar-refractivity contribution in [3.8, 4) is 28.4 Å². The van der Waals surface area contributed by atoms with Crippen LogP contribution in [0.2, 0.25) is 0 Å². The minimum Gasteiger partial charge on any atom is -0.457 e. The summed E-state index contributed by atoms with van der Waals surface area (Å²) in [6, 6.07) is 69.8. The third-order valence-corrected chi connectivity index (χ3v) is 17.0.